The first-order valence-corrected chi connectivity index (χ1v) is 20.7. The lowest BCUT2D eigenvalue weighted by Gasteiger charge is -2.15. The summed E-state index contributed by atoms with van der Waals surface area (Å²) in [5.74, 6) is 2.19. The molecule has 0 saturated heterocycles. The van der Waals surface area contributed by atoms with Crippen LogP contribution in [-0.4, -0.2) is 15.0 Å². The summed E-state index contributed by atoms with van der Waals surface area (Å²) in [6.45, 7) is 2.30. The Hall–Kier alpha value is -6.45. The van der Waals surface area contributed by atoms with Crippen LogP contribution in [0.5, 0.6) is 0 Å². The van der Waals surface area contributed by atoms with E-state index in [-0.39, 0.29) is 0 Å². The standard InChI is InChI=1S/C51H33N3S2/c1-31-28-45-48(39-18-8-9-20-42(39)56-45)46(31)37-16-10-17-38(29-37)50-52-49(35-14-6-3-7-15-35)53-51(54-50)40-19-11-21-44-47(40)41-30-36(26-27-43(41)55-44)34-24-22-33(23-25-34)32-12-4-2-5-13-32/h2-6,8-14,16-25,28-31H,26-27H2,1H3. The van der Waals surface area contributed by atoms with Gasteiger partial charge in [0.05, 0.1) is 5.56 Å². The van der Waals surface area contributed by atoms with Crippen molar-refractivity contribution >= 4 is 66.1 Å². The molecule has 2 aliphatic rings. The van der Waals surface area contributed by atoms with Crippen molar-refractivity contribution in [2.24, 2.45) is 5.92 Å². The van der Waals surface area contributed by atoms with E-state index in [0.717, 1.165) is 29.5 Å². The molecular weight excluding hydrogens is 719 g/mol. The van der Waals surface area contributed by atoms with Crippen molar-refractivity contribution in [3.63, 3.8) is 0 Å². The number of nitrogens with zero attached hydrogens (tertiary/aromatic N) is 3. The van der Waals surface area contributed by atoms with Crippen LogP contribution >= 0.6 is 22.7 Å². The van der Waals surface area contributed by atoms with E-state index in [9.17, 15) is 0 Å². The molecule has 0 amide bonds. The summed E-state index contributed by atoms with van der Waals surface area (Å²) in [7, 11) is 0. The Morgan fingerprint density at radius 1 is 0.607 bits per heavy atom. The summed E-state index contributed by atoms with van der Waals surface area (Å²) < 4.78 is 3.93. The molecule has 0 bridgehead atoms. The largest absolute Gasteiger partial charge is 0.208 e. The molecule has 1 unspecified atom stereocenters. The minimum absolute atomic E-state index is 0.303. The second-order valence-corrected chi connectivity index (χ2v) is 16.8. The first kappa shape index (κ1) is 32.9. The average molecular weight is 752 g/mol. The Bertz CT molecular complexity index is 3140. The lowest BCUT2D eigenvalue weighted by atomic mass is 9.90. The zero-order valence-electron chi connectivity index (χ0n) is 30.6. The molecule has 0 N–H and O–H groups in total. The molecule has 0 saturated carbocycles. The van der Waals surface area contributed by atoms with Crippen LogP contribution in [0, 0.1) is 18.1 Å². The van der Waals surface area contributed by atoms with Crippen LogP contribution < -0.4 is 9.75 Å². The van der Waals surface area contributed by atoms with E-state index in [1.54, 1.807) is 0 Å². The van der Waals surface area contributed by atoms with E-state index < -0.39 is 0 Å². The van der Waals surface area contributed by atoms with Gasteiger partial charge in [0.25, 0.3) is 0 Å². The van der Waals surface area contributed by atoms with Gasteiger partial charge in [0.1, 0.15) is 0 Å². The van der Waals surface area contributed by atoms with Gasteiger partial charge in [0.2, 0.25) is 0 Å². The van der Waals surface area contributed by atoms with Gasteiger partial charge >= 0.3 is 0 Å². The Balaban J connectivity index is 1.05. The van der Waals surface area contributed by atoms with E-state index in [2.05, 4.69) is 153 Å². The summed E-state index contributed by atoms with van der Waals surface area (Å²) >= 11 is 3.77. The van der Waals surface area contributed by atoms with Crippen LogP contribution in [0.4, 0.5) is 0 Å². The lowest BCUT2D eigenvalue weighted by Crippen LogP contribution is -2.17. The van der Waals surface area contributed by atoms with Crippen LogP contribution in [0.3, 0.4) is 0 Å². The number of benzene rings is 5. The molecule has 0 radical (unpaired) electrons. The Labute approximate surface area is 333 Å². The monoisotopic (exact) mass is 751 g/mol. The van der Waals surface area contributed by atoms with Crippen molar-refractivity contribution in [2.45, 2.75) is 19.8 Å². The van der Waals surface area contributed by atoms with Crippen molar-refractivity contribution in [1.82, 2.24) is 15.0 Å². The first-order valence-electron chi connectivity index (χ1n) is 19.0. The second-order valence-electron chi connectivity index (χ2n) is 14.5. The van der Waals surface area contributed by atoms with Gasteiger partial charge in [-0.1, -0.05) is 134 Å². The maximum atomic E-state index is 5.29. The molecule has 56 heavy (non-hydrogen) atoms. The number of allylic oxidation sites excluding steroid dienone is 1. The third-order valence-corrected chi connectivity index (χ3v) is 13.4. The van der Waals surface area contributed by atoms with E-state index in [1.807, 2.05) is 40.9 Å². The number of hydrogen-bond donors (Lipinski definition) is 0. The highest BCUT2D eigenvalue weighted by molar-refractivity contribution is 7.19. The molecule has 6 aromatic carbocycles. The van der Waals surface area contributed by atoms with Crippen molar-refractivity contribution < 1.29 is 0 Å². The van der Waals surface area contributed by atoms with Crippen LogP contribution in [0.25, 0.3) is 88.8 Å². The van der Waals surface area contributed by atoms with Gasteiger partial charge in [-0.15, -0.1) is 22.7 Å². The highest BCUT2D eigenvalue weighted by Crippen LogP contribution is 2.44. The highest BCUT2D eigenvalue weighted by Gasteiger charge is 2.23. The first-order chi connectivity index (χ1) is 27.6. The number of fused-ring (bicyclic) bond motifs is 6. The Morgan fingerprint density at radius 3 is 2.21 bits per heavy atom. The zero-order valence-corrected chi connectivity index (χ0v) is 32.2. The molecule has 2 aliphatic carbocycles. The molecule has 0 spiro atoms. The van der Waals surface area contributed by atoms with Crippen LogP contribution in [0.15, 0.2) is 140 Å². The van der Waals surface area contributed by atoms with Gasteiger partial charge in [-0.2, -0.15) is 0 Å². The van der Waals surface area contributed by atoms with Crippen LogP contribution in [0.2, 0.25) is 0 Å². The summed E-state index contributed by atoms with van der Waals surface area (Å²) in [6.07, 6.45) is 6.83. The van der Waals surface area contributed by atoms with E-state index in [4.69, 9.17) is 15.0 Å². The third-order valence-electron chi connectivity index (χ3n) is 11.1. The van der Waals surface area contributed by atoms with Crippen molar-refractivity contribution in [3.05, 3.63) is 183 Å². The molecule has 3 heterocycles. The van der Waals surface area contributed by atoms with Gasteiger partial charge in [-0.3, -0.25) is 0 Å². The summed E-state index contributed by atoms with van der Waals surface area (Å²) in [6, 6.07) is 55.8. The van der Waals surface area contributed by atoms with Gasteiger partial charge in [0.15, 0.2) is 17.5 Å². The average Bonchev–Trinajstić information content (AvgIpc) is 3.92. The van der Waals surface area contributed by atoms with Crippen molar-refractivity contribution in [2.75, 3.05) is 0 Å². The number of aryl methyl sites for hydroxylation is 1. The maximum absolute atomic E-state index is 5.29. The Kier molecular flexibility index (Phi) is 7.87. The molecule has 1 atom stereocenters. The molecule has 264 valence electrons. The topological polar surface area (TPSA) is 38.7 Å². The SMILES string of the molecule is CC1C=c2sc3ccccc3c2=C1c1cccc(-c2nc(-c3c#cccc3)nc(-c3cccc4sc5c(c34)C=C(c3ccc(-c4ccccc4)cc3)CC5)n2)c1. The molecule has 3 nitrogen and oxygen atoms in total. The maximum Gasteiger partial charge on any atom is 0.172 e. The summed E-state index contributed by atoms with van der Waals surface area (Å²) in [4.78, 5) is 17.0. The molecule has 11 rings (SSSR count). The van der Waals surface area contributed by atoms with Gasteiger partial charge in [-0.25, -0.2) is 15.0 Å². The summed E-state index contributed by atoms with van der Waals surface area (Å²) in [5, 5.41) is 3.88. The van der Waals surface area contributed by atoms with E-state index in [1.165, 1.54) is 73.8 Å². The number of aromatic nitrogens is 3. The van der Waals surface area contributed by atoms with Crippen molar-refractivity contribution in [1.29, 1.82) is 0 Å². The quantitative estimate of drug-likeness (QED) is 0.170. The van der Waals surface area contributed by atoms with Gasteiger partial charge in [-0.05, 0) is 88.2 Å². The molecule has 0 aliphatic heterocycles. The van der Waals surface area contributed by atoms with Gasteiger partial charge < -0.3 is 0 Å². The fraction of sp³-hybridized carbons (Fsp3) is 0.0784. The number of thiophene rings is 2. The normalized spacial score (nSPS) is 14.6. The predicted octanol–water partition coefficient (Wildman–Crippen LogP) is 11.7. The smallest absolute Gasteiger partial charge is 0.172 e. The fourth-order valence-corrected chi connectivity index (χ4v) is 10.9. The lowest BCUT2D eigenvalue weighted by molar-refractivity contribution is 1.03. The minimum Gasteiger partial charge on any atom is -0.208 e. The summed E-state index contributed by atoms with van der Waals surface area (Å²) in [5.41, 5.74) is 11.7. The highest BCUT2D eigenvalue weighted by atomic mass is 32.1. The minimum atomic E-state index is 0.303. The fourth-order valence-electron chi connectivity index (χ4n) is 8.44. The third kappa shape index (κ3) is 5.61. The van der Waals surface area contributed by atoms with E-state index in [0.29, 0.717) is 23.4 Å². The molecule has 0 fully saturated rings. The molecule has 3 aromatic heterocycles. The second kappa shape index (κ2) is 13.4. The number of hydrogen-bond acceptors (Lipinski definition) is 5. The predicted molar refractivity (Wildman–Crippen MR) is 234 cm³/mol. The van der Waals surface area contributed by atoms with Gasteiger partial charge in [0, 0.05) is 51.8 Å². The Morgan fingerprint density at radius 2 is 1.34 bits per heavy atom. The van der Waals surface area contributed by atoms with E-state index >= 15 is 0 Å². The molecule has 9 aromatic rings. The molecular formula is C51H33N3S2. The van der Waals surface area contributed by atoms with Crippen molar-refractivity contribution in [3.8, 4) is 45.3 Å². The zero-order chi connectivity index (χ0) is 37.2. The number of rotatable bonds is 6. The van der Waals surface area contributed by atoms with Crippen LogP contribution in [0.1, 0.15) is 34.9 Å². The molecule has 5 heteroatoms. The van der Waals surface area contributed by atoms with Crippen LogP contribution in [-0.2, 0) is 6.42 Å².